The van der Waals surface area contributed by atoms with Gasteiger partial charge in [0.05, 0.1) is 16.5 Å². The smallest absolute Gasteiger partial charge is 0.235 e. The van der Waals surface area contributed by atoms with E-state index in [4.69, 9.17) is 5.73 Å². The fourth-order valence-electron chi connectivity index (χ4n) is 2.97. The van der Waals surface area contributed by atoms with Crippen LogP contribution in [0.1, 0.15) is 32.5 Å². The van der Waals surface area contributed by atoms with Gasteiger partial charge in [0.15, 0.2) is 0 Å². The van der Waals surface area contributed by atoms with E-state index >= 15 is 0 Å². The lowest BCUT2D eigenvalue weighted by Crippen LogP contribution is -2.41. The molecule has 1 aromatic heterocycles. The quantitative estimate of drug-likeness (QED) is 0.923. The summed E-state index contributed by atoms with van der Waals surface area (Å²) in [6.45, 7) is 5.98. The molecule has 1 fully saturated rings. The molecular weight excluding hydrogens is 320 g/mol. The topological polar surface area (TPSA) is 72.1 Å². The lowest BCUT2D eigenvalue weighted by molar-refractivity contribution is -0.131. The Kier molecular flexibility index (Phi) is 5.23. The molecule has 128 valence electrons. The van der Waals surface area contributed by atoms with Gasteiger partial charge in [-0.05, 0) is 37.8 Å². The summed E-state index contributed by atoms with van der Waals surface area (Å²) in [5, 5.41) is 0.785. The molecular formula is C18H24N4OS. The fourth-order valence-corrected chi connectivity index (χ4v) is 3.79. The lowest BCUT2D eigenvalue weighted by Gasteiger charge is -2.32. The zero-order valence-electron chi connectivity index (χ0n) is 14.2. The van der Waals surface area contributed by atoms with Gasteiger partial charge in [-0.15, -0.1) is 11.8 Å². The van der Waals surface area contributed by atoms with Gasteiger partial charge in [0.2, 0.25) is 5.91 Å². The van der Waals surface area contributed by atoms with E-state index in [-0.39, 0.29) is 11.2 Å². The van der Waals surface area contributed by atoms with E-state index in [1.807, 2.05) is 36.1 Å². The van der Waals surface area contributed by atoms with Crippen LogP contribution in [-0.2, 0) is 10.5 Å². The molecule has 0 unspecified atom stereocenters. The van der Waals surface area contributed by atoms with Crippen LogP contribution >= 0.6 is 11.8 Å². The molecule has 0 saturated carbocycles. The van der Waals surface area contributed by atoms with Crippen molar-refractivity contribution in [1.29, 1.82) is 0 Å². The van der Waals surface area contributed by atoms with Crippen molar-refractivity contribution in [2.24, 2.45) is 5.92 Å². The number of hydrogen-bond donors (Lipinski definition) is 1. The molecule has 24 heavy (non-hydrogen) atoms. The Morgan fingerprint density at radius 1 is 1.33 bits per heavy atom. The molecule has 1 amide bonds. The van der Waals surface area contributed by atoms with Gasteiger partial charge in [0.1, 0.15) is 11.6 Å². The van der Waals surface area contributed by atoms with E-state index in [0.29, 0.717) is 17.4 Å². The first-order chi connectivity index (χ1) is 11.5. The van der Waals surface area contributed by atoms with Crippen LogP contribution in [-0.4, -0.2) is 39.1 Å². The van der Waals surface area contributed by atoms with Crippen molar-refractivity contribution >= 4 is 34.4 Å². The first-order valence-corrected chi connectivity index (χ1v) is 9.51. The van der Waals surface area contributed by atoms with Crippen LogP contribution < -0.4 is 5.73 Å². The average Bonchev–Trinajstić information content (AvgIpc) is 2.60. The summed E-state index contributed by atoms with van der Waals surface area (Å²) in [5.41, 5.74) is 6.87. The molecule has 5 nitrogen and oxygen atoms in total. The monoisotopic (exact) mass is 344 g/mol. The van der Waals surface area contributed by atoms with Gasteiger partial charge in [0.25, 0.3) is 0 Å². The Morgan fingerprint density at radius 3 is 2.79 bits per heavy atom. The van der Waals surface area contributed by atoms with E-state index in [1.165, 1.54) is 0 Å². The molecule has 2 aromatic rings. The van der Waals surface area contributed by atoms with Gasteiger partial charge in [0, 0.05) is 18.5 Å². The molecule has 1 saturated heterocycles. The molecule has 0 spiro atoms. The van der Waals surface area contributed by atoms with Gasteiger partial charge in [-0.2, -0.15) is 0 Å². The maximum Gasteiger partial charge on any atom is 0.235 e. The minimum absolute atomic E-state index is 0.0882. The average molecular weight is 344 g/mol. The second-order valence-corrected chi connectivity index (χ2v) is 7.83. The van der Waals surface area contributed by atoms with Crippen LogP contribution in [0.3, 0.4) is 0 Å². The number of hydrogen-bond acceptors (Lipinski definition) is 5. The zero-order valence-corrected chi connectivity index (χ0v) is 15.1. The highest BCUT2D eigenvalue weighted by molar-refractivity contribution is 7.99. The van der Waals surface area contributed by atoms with Crippen LogP contribution in [0.2, 0.25) is 0 Å². The number of amides is 1. The first-order valence-electron chi connectivity index (χ1n) is 8.46. The number of carbonyl (C=O) groups is 1. The largest absolute Gasteiger partial charge is 0.383 e. The minimum Gasteiger partial charge on any atom is -0.383 e. The van der Waals surface area contributed by atoms with Gasteiger partial charge < -0.3 is 10.6 Å². The second kappa shape index (κ2) is 7.38. The molecule has 1 aromatic carbocycles. The number of piperidine rings is 1. The number of nitrogens with two attached hydrogens (primary N) is 1. The summed E-state index contributed by atoms with van der Waals surface area (Å²) < 4.78 is 0. The summed E-state index contributed by atoms with van der Waals surface area (Å²) in [7, 11) is 0. The van der Waals surface area contributed by atoms with E-state index in [0.717, 1.165) is 42.8 Å². The van der Waals surface area contributed by atoms with Crippen molar-refractivity contribution in [3.05, 3.63) is 30.1 Å². The molecule has 1 aliphatic rings. The molecule has 0 bridgehead atoms. The van der Waals surface area contributed by atoms with Crippen molar-refractivity contribution in [1.82, 2.24) is 14.9 Å². The maximum atomic E-state index is 12.5. The van der Waals surface area contributed by atoms with Crippen molar-refractivity contribution in [3.8, 4) is 0 Å². The number of thioether (sulfide) groups is 1. The van der Waals surface area contributed by atoms with E-state index in [9.17, 15) is 4.79 Å². The van der Waals surface area contributed by atoms with Crippen molar-refractivity contribution in [3.63, 3.8) is 0 Å². The number of nitrogens with zero attached hydrogens (tertiary/aromatic N) is 3. The van der Waals surface area contributed by atoms with Gasteiger partial charge >= 0.3 is 0 Å². The van der Waals surface area contributed by atoms with Crippen LogP contribution in [0.25, 0.3) is 10.9 Å². The van der Waals surface area contributed by atoms with Crippen LogP contribution in [0, 0.1) is 5.92 Å². The van der Waals surface area contributed by atoms with Crippen LogP contribution in [0.5, 0.6) is 0 Å². The van der Waals surface area contributed by atoms with Crippen LogP contribution in [0.15, 0.2) is 24.3 Å². The number of para-hydroxylation sites is 1. The van der Waals surface area contributed by atoms with Crippen molar-refractivity contribution in [2.45, 2.75) is 37.7 Å². The Balaban J connectivity index is 1.61. The van der Waals surface area contributed by atoms with Gasteiger partial charge in [-0.3, -0.25) is 4.79 Å². The molecule has 3 rings (SSSR count). The first kappa shape index (κ1) is 17.0. The number of aromatic nitrogens is 2. The zero-order chi connectivity index (χ0) is 17.1. The Bertz CT molecular complexity index is 728. The lowest BCUT2D eigenvalue weighted by atomic mass is 9.99. The van der Waals surface area contributed by atoms with E-state index in [1.54, 1.807) is 11.8 Å². The third kappa shape index (κ3) is 3.80. The van der Waals surface area contributed by atoms with Gasteiger partial charge in [-0.25, -0.2) is 9.97 Å². The predicted molar refractivity (Wildman–Crippen MR) is 99.7 cm³/mol. The molecule has 2 heterocycles. The number of nitrogen functional groups attached to an aromatic ring is 1. The molecule has 1 aliphatic heterocycles. The molecule has 0 aliphatic carbocycles. The number of carbonyl (C=O) groups excluding carboxylic acids is 1. The summed E-state index contributed by atoms with van der Waals surface area (Å²) in [5.74, 6) is 2.72. The third-order valence-electron chi connectivity index (χ3n) is 4.58. The highest BCUT2D eigenvalue weighted by atomic mass is 32.2. The van der Waals surface area contributed by atoms with E-state index < -0.39 is 0 Å². The molecule has 1 atom stereocenters. The summed E-state index contributed by atoms with van der Waals surface area (Å²) in [6.07, 6.45) is 2.21. The maximum absolute atomic E-state index is 12.5. The van der Waals surface area contributed by atoms with E-state index in [2.05, 4.69) is 16.9 Å². The Labute approximate surface area is 147 Å². The molecule has 0 radical (unpaired) electrons. The summed E-state index contributed by atoms with van der Waals surface area (Å²) >= 11 is 1.58. The van der Waals surface area contributed by atoms with Gasteiger partial charge in [-0.1, -0.05) is 19.1 Å². The van der Waals surface area contributed by atoms with Crippen molar-refractivity contribution in [2.75, 3.05) is 18.8 Å². The number of anilines is 1. The highest BCUT2D eigenvalue weighted by Crippen LogP contribution is 2.24. The summed E-state index contributed by atoms with van der Waals surface area (Å²) in [6, 6.07) is 7.72. The number of likely N-dealkylation sites (tertiary alicyclic amines) is 1. The molecule has 6 heteroatoms. The predicted octanol–water partition coefficient (Wildman–Crippen LogP) is 3.09. The fraction of sp³-hybridized carbons (Fsp3) is 0.500. The SMILES string of the molecule is CC1CCN(C(=O)[C@@H](C)SCc2nc(N)c3ccccc3n2)CC1. The van der Waals surface area contributed by atoms with Crippen molar-refractivity contribution < 1.29 is 4.79 Å². The Morgan fingerprint density at radius 2 is 2.04 bits per heavy atom. The number of rotatable bonds is 4. The summed E-state index contributed by atoms with van der Waals surface area (Å²) in [4.78, 5) is 23.5. The molecule has 2 N–H and O–H groups in total. The standard InChI is InChI=1S/C18H24N4OS/c1-12-7-9-22(10-8-12)18(23)13(2)24-11-16-20-15-6-4-3-5-14(15)17(19)21-16/h3-6,12-13H,7-11H2,1-2H3,(H2,19,20,21)/t13-/m1/s1. The number of benzene rings is 1. The third-order valence-corrected chi connectivity index (χ3v) is 5.71. The minimum atomic E-state index is -0.0882. The highest BCUT2D eigenvalue weighted by Gasteiger charge is 2.24. The van der Waals surface area contributed by atoms with Crippen LogP contribution in [0.4, 0.5) is 5.82 Å². The normalized spacial score (nSPS) is 17.2. The second-order valence-electron chi connectivity index (χ2n) is 6.50. The Hall–Kier alpha value is -1.82. The number of fused-ring (bicyclic) bond motifs is 1.